The van der Waals surface area contributed by atoms with Crippen molar-refractivity contribution in [2.45, 2.75) is 44.1 Å². The van der Waals surface area contributed by atoms with Gasteiger partial charge in [-0.25, -0.2) is 8.42 Å². The molecule has 1 saturated heterocycles. The third kappa shape index (κ3) is 5.42. The highest BCUT2D eigenvalue weighted by Gasteiger charge is 2.20. The van der Waals surface area contributed by atoms with E-state index in [1.807, 2.05) is 26.0 Å². The van der Waals surface area contributed by atoms with Gasteiger partial charge in [0.25, 0.3) is 10.0 Å². The van der Waals surface area contributed by atoms with E-state index in [4.69, 9.17) is 9.47 Å². The third-order valence-corrected chi connectivity index (χ3v) is 6.49. The number of nitrogens with one attached hydrogen (secondary N) is 1. The van der Waals surface area contributed by atoms with Gasteiger partial charge in [-0.05, 0) is 74.2 Å². The van der Waals surface area contributed by atoms with Crippen LogP contribution in [0.3, 0.4) is 0 Å². The maximum Gasteiger partial charge on any atom is 0.261 e. The van der Waals surface area contributed by atoms with Crippen molar-refractivity contribution in [2.75, 3.05) is 36.4 Å². The average molecular weight is 419 g/mol. The molecule has 29 heavy (non-hydrogen) atoms. The molecule has 1 fully saturated rings. The number of aryl methyl sites for hydroxylation is 1. The maximum atomic E-state index is 12.8. The molecule has 0 amide bonds. The van der Waals surface area contributed by atoms with Gasteiger partial charge >= 0.3 is 0 Å². The zero-order valence-electron chi connectivity index (χ0n) is 17.3. The Morgan fingerprint density at radius 1 is 1.17 bits per heavy atom. The van der Waals surface area contributed by atoms with Gasteiger partial charge in [-0.2, -0.15) is 0 Å². The van der Waals surface area contributed by atoms with Crippen LogP contribution in [-0.2, 0) is 14.8 Å². The summed E-state index contributed by atoms with van der Waals surface area (Å²) in [7, 11) is -1.92. The van der Waals surface area contributed by atoms with Gasteiger partial charge in [0.2, 0.25) is 0 Å². The van der Waals surface area contributed by atoms with E-state index in [2.05, 4.69) is 9.62 Å². The lowest BCUT2D eigenvalue weighted by Crippen LogP contribution is -2.39. The summed E-state index contributed by atoms with van der Waals surface area (Å²) in [5.41, 5.74) is 2.41. The van der Waals surface area contributed by atoms with Crippen LogP contribution in [0.5, 0.6) is 5.75 Å². The molecule has 1 atom stereocenters. The topological polar surface area (TPSA) is 67.9 Å². The molecule has 0 bridgehead atoms. The minimum absolute atomic E-state index is 0.224. The van der Waals surface area contributed by atoms with Crippen molar-refractivity contribution >= 4 is 21.4 Å². The second-order valence-corrected chi connectivity index (χ2v) is 9.06. The molecule has 1 heterocycles. The van der Waals surface area contributed by atoms with Crippen LogP contribution in [0.15, 0.2) is 47.4 Å². The number of piperidine rings is 1. The normalized spacial score (nSPS) is 17.2. The minimum Gasteiger partial charge on any atom is -0.493 e. The van der Waals surface area contributed by atoms with Gasteiger partial charge < -0.3 is 14.4 Å². The zero-order chi connectivity index (χ0) is 20.9. The van der Waals surface area contributed by atoms with Gasteiger partial charge in [0.05, 0.1) is 17.6 Å². The summed E-state index contributed by atoms with van der Waals surface area (Å²) < 4.78 is 39.3. The second-order valence-electron chi connectivity index (χ2n) is 7.37. The number of benzene rings is 2. The Hall–Kier alpha value is -2.25. The second kappa shape index (κ2) is 9.50. The highest BCUT2D eigenvalue weighted by molar-refractivity contribution is 7.92. The van der Waals surface area contributed by atoms with Gasteiger partial charge in [0.15, 0.2) is 0 Å². The van der Waals surface area contributed by atoms with Gasteiger partial charge in [0, 0.05) is 31.6 Å². The Kier molecular flexibility index (Phi) is 7.03. The molecule has 0 radical (unpaired) electrons. The number of hydrogen-bond donors (Lipinski definition) is 1. The van der Waals surface area contributed by atoms with Crippen molar-refractivity contribution in [3.05, 3.63) is 48.0 Å². The SMILES string of the molecule is CCCOc1ccc(S(=O)(=O)Nc2ccc(N3CCCC(OC)C3)cc2)cc1C. The van der Waals surface area contributed by atoms with E-state index < -0.39 is 10.0 Å². The van der Waals surface area contributed by atoms with Crippen molar-refractivity contribution in [3.63, 3.8) is 0 Å². The highest BCUT2D eigenvalue weighted by Crippen LogP contribution is 2.26. The molecule has 0 aromatic heterocycles. The molecule has 3 rings (SSSR count). The fourth-order valence-electron chi connectivity index (χ4n) is 3.48. The number of anilines is 2. The molecule has 0 aliphatic carbocycles. The highest BCUT2D eigenvalue weighted by atomic mass is 32.2. The van der Waals surface area contributed by atoms with Crippen molar-refractivity contribution in [1.29, 1.82) is 0 Å². The molecular weight excluding hydrogens is 388 g/mol. The van der Waals surface area contributed by atoms with Crippen LogP contribution in [0.1, 0.15) is 31.7 Å². The number of sulfonamides is 1. The lowest BCUT2D eigenvalue weighted by atomic mass is 10.1. The Bertz CT molecular complexity index is 913. The smallest absolute Gasteiger partial charge is 0.261 e. The monoisotopic (exact) mass is 418 g/mol. The summed E-state index contributed by atoms with van der Waals surface area (Å²) >= 11 is 0. The fraction of sp³-hybridized carbons (Fsp3) is 0.455. The average Bonchev–Trinajstić information content (AvgIpc) is 2.73. The Balaban J connectivity index is 1.69. The van der Waals surface area contributed by atoms with Crippen LogP contribution >= 0.6 is 0 Å². The molecule has 0 spiro atoms. The first-order valence-corrected chi connectivity index (χ1v) is 11.6. The number of hydrogen-bond acceptors (Lipinski definition) is 5. The van der Waals surface area contributed by atoms with Gasteiger partial charge in [-0.3, -0.25) is 4.72 Å². The van der Waals surface area contributed by atoms with Crippen molar-refractivity contribution in [2.24, 2.45) is 0 Å². The van der Waals surface area contributed by atoms with Crippen molar-refractivity contribution in [1.82, 2.24) is 0 Å². The number of methoxy groups -OCH3 is 1. The molecule has 1 aliphatic heterocycles. The summed E-state index contributed by atoms with van der Waals surface area (Å²) in [5, 5.41) is 0. The molecule has 6 nitrogen and oxygen atoms in total. The summed E-state index contributed by atoms with van der Waals surface area (Å²) in [6, 6.07) is 12.4. The van der Waals surface area contributed by atoms with Crippen LogP contribution in [-0.4, -0.2) is 41.3 Å². The quantitative estimate of drug-likeness (QED) is 0.696. The lowest BCUT2D eigenvalue weighted by molar-refractivity contribution is 0.0893. The van der Waals surface area contributed by atoms with Gasteiger partial charge in [0.1, 0.15) is 5.75 Å². The molecule has 1 aliphatic rings. The summed E-state index contributed by atoms with van der Waals surface area (Å²) in [6.07, 6.45) is 3.31. The standard InChI is InChI=1S/C22H30N2O4S/c1-4-14-28-22-12-11-21(15-17(22)2)29(25,26)23-18-7-9-19(10-8-18)24-13-5-6-20(16-24)27-3/h7-12,15,20,23H,4-6,13-14,16H2,1-3H3. The molecule has 2 aromatic carbocycles. The molecule has 1 N–H and O–H groups in total. The zero-order valence-corrected chi connectivity index (χ0v) is 18.2. The molecular formula is C22H30N2O4S. The van der Waals surface area contributed by atoms with E-state index in [-0.39, 0.29) is 11.0 Å². The predicted molar refractivity (Wildman–Crippen MR) is 116 cm³/mol. The first-order valence-electron chi connectivity index (χ1n) is 10.1. The van der Waals surface area contributed by atoms with Crippen LogP contribution in [0.4, 0.5) is 11.4 Å². The summed E-state index contributed by atoms with van der Waals surface area (Å²) in [5.74, 6) is 0.714. The van der Waals surface area contributed by atoms with Crippen molar-refractivity contribution in [3.8, 4) is 5.75 Å². The van der Waals surface area contributed by atoms with Crippen LogP contribution in [0, 0.1) is 6.92 Å². The lowest BCUT2D eigenvalue weighted by Gasteiger charge is -2.33. The first-order chi connectivity index (χ1) is 13.9. The van der Waals surface area contributed by atoms with E-state index in [1.165, 1.54) is 0 Å². The Morgan fingerprint density at radius 2 is 1.93 bits per heavy atom. The van der Waals surface area contributed by atoms with E-state index in [9.17, 15) is 8.42 Å². The van der Waals surface area contributed by atoms with E-state index in [0.717, 1.165) is 43.6 Å². The molecule has 2 aromatic rings. The largest absolute Gasteiger partial charge is 0.493 e. The number of rotatable bonds is 8. The van der Waals surface area contributed by atoms with Crippen LogP contribution < -0.4 is 14.4 Å². The van der Waals surface area contributed by atoms with E-state index >= 15 is 0 Å². The van der Waals surface area contributed by atoms with E-state index in [0.29, 0.717) is 18.0 Å². The number of nitrogens with zero attached hydrogens (tertiary/aromatic N) is 1. The van der Waals surface area contributed by atoms with Crippen LogP contribution in [0.25, 0.3) is 0 Å². The Morgan fingerprint density at radius 3 is 2.59 bits per heavy atom. The van der Waals surface area contributed by atoms with Gasteiger partial charge in [-0.15, -0.1) is 0 Å². The maximum absolute atomic E-state index is 12.8. The minimum atomic E-state index is -3.66. The predicted octanol–water partition coefficient (Wildman–Crippen LogP) is 4.20. The third-order valence-electron chi connectivity index (χ3n) is 5.11. The molecule has 158 valence electrons. The summed E-state index contributed by atoms with van der Waals surface area (Å²) in [6.45, 7) is 6.33. The van der Waals surface area contributed by atoms with Crippen LogP contribution in [0.2, 0.25) is 0 Å². The fourth-order valence-corrected chi connectivity index (χ4v) is 4.63. The summed E-state index contributed by atoms with van der Waals surface area (Å²) in [4.78, 5) is 2.50. The molecule has 1 unspecified atom stereocenters. The molecule has 0 saturated carbocycles. The molecule has 7 heteroatoms. The number of ether oxygens (including phenoxy) is 2. The first kappa shape index (κ1) is 21.5. The Labute approximate surface area is 173 Å². The van der Waals surface area contributed by atoms with Gasteiger partial charge in [-0.1, -0.05) is 6.92 Å². The van der Waals surface area contributed by atoms with E-state index in [1.54, 1.807) is 37.4 Å². The van der Waals surface area contributed by atoms with Crippen molar-refractivity contribution < 1.29 is 17.9 Å².